The molecule has 0 radical (unpaired) electrons. The summed E-state index contributed by atoms with van der Waals surface area (Å²) in [7, 11) is 0. The number of benzene rings is 1. The number of aryl methyl sites for hydroxylation is 2. The third-order valence-electron chi connectivity index (χ3n) is 3.15. The number of imidazole rings is 1. The number of hydrogen-bond acceptors (Lipinski definition) is 4. The van der Waals surface area contributed by atoms with Gasteiger partial charge >= 0.3 is 5.97 Å². The van der Waals surface area contributed by atoms with Gasteiger partial charge in [0.15, 0.2) is 0 Å². The van der Waals surface area contributed by atoms with Crippen molar-refractivity contribution in [3.05, 3.63) is 45.7 Å². The fourth-order valence-corrected chi connectivity index (χ4v) is 3.04. The van der Waals surface area contributed by atoms with E-state index in [0.29, 0.717) is 17.6 Å². The summed E-state index contributed by atoms with van der Waals surface area (Å²) in [6.45, 7) is 4.37. The van der Waals surface area contributed by atoms with Crippen LogP contribution in [0.5, 0.6) is 0 Å². The van der Waals surface area contributed by atoms with Crippen LogP contribution in [-0.2, 0) is 6.54 Å². The molecule has 3 aromatic rings. The number of aromatic carboxylic acids is 1. The van der Waals surface area contributed by atoms with Crippen molar-refractivity contribution in [2.24, 2.45) is 0 Å². The first-order chi connectivity index (χ1) is 9.56. The van der Waals surface area contributed by atoms with E-state index in [4.69, 9.17) is 0 Å². The first-order valence-electron chi connectivity index (χ1n) is 6.16. The fraction of sp³-hybridized carbons (Fsp3) is 0.214. The van der Waals surface area contributed by atoms with Crippen LogP contribution in [0.2, 0.25) is 0 Å². The van der Waals surface area contributed by atoms with E-state index in [-0.39, 0.29) is 5.56 Å². The van der Waals surface area contributed by atoms with E-state index in [1.165, 1.54) is 0 Å². The summed E-state index contributed by atoms with van der Waals surface area (Å²) >= 11 is 1.57. The van der Waals surface area contributed by atoms with E-state index in [0.717, 1.165) is 16.5 Å². The van der Waals surface area contributed by atoms with E-state index < -0.39 is 5.97 Å². The molecule has 0 saturated heterocycles. The molecule has 3 rings (SSSR count). The van der Waals surface area contributed by atoms with Gasteiger partial charge in [-0.05, 0) is 26.0 Å². The number of thiazole rings is 1. The van der Waals surface area contributed by atoms with E-state index in [2.05, 4.69) is 9.97 Å². The monoisotopic (exact) mass is 287 g/mol. The number of carboxylic acids is 1. The molecule has 0 atom stereocenters. The Balaban J connectivity index is 2.18. The summed E-state index contributed by atoms with van der Waals surface area (Å²) in [5.41, 5.74) is 2.61. The van der Waals surface area contributed by atoms with Gasteiger partial charge in [-0.2, -0.15) is 0 Å². The quantitative estimate of drug-likeness (QED) is 0.804. The van der Waals surface area contributed by atoms with E-state index in [9.17, 15) is 9.90 Å². The van der Waals surface area contributed by atoms with Crippen LogP contribution in [0, 0.1) is 13.8 Å². The molecule has 0 unspecified atom stereocenters. The Hall–Kier alpha value is -2.21. The zero-order valence-corrected chi connectivity index (χ0v) is 11.9. The zero-order chi connectivity index (χ0) is 14.3. The summed E-state index contributed by atoms with van der Waals surface area (Å²) in [4.78, 5) is 20.2. The van der Waals surface area contributed by atoms with Gasteiger partial charge in [-0.25, -0.2) is 14.8 Å². The SMILES string of the molecule is Cc1csc(Cn2c(C)nc3cccc(C(=O)O)c32)n1. The van der Waals surface area contributed by atoms with Crippen molar-refractivity contribution in [2.45, 2.75) is 20.4 Å². The Morgan fingerprint density at radius 1 is 1.35 bits per heavy atom. The van der Waals surface area contributed by atoms with Crippen LogP contribution in [0.4, 0.5) is 0 Å². The lowest BCUT2D eigenvalue weighted by molar-refractivity contribution is 0.0698. The number of rotatable bonds is 3. The van der Waals surface area contributed by atoms with Crippen molar-refractivity contribution in [3.63, 3.8) is 0 Å². The zero-order valence-electron chi connectivity index (χ0n) is 11.1. The Morgan fingerprint density at radius 2 is 2.15 bits per heavy atom. The Kier molecular flexibility index (Phi) is 3.02. The van der Waals surface area contributed by atoms with Gasteiger partial charge in [0.2, 0.25) is 0 Å². The van der Waals surface area contributed by atoms with Gasteiger partial charge in [-0.3, -0.25) is 0 Å². The predicted octanol–water partition coefficient (Wildman–Crippen LogP) is 2.86. The third-order valence-corrected chi connectivity index (χ3v) is 4.10. The molecule has 0 bridgehead atoms. The number of hydrogen-bond donors (Lipinski definition) is 1. The highest BCUT2D eigenvalue weighted by Gasteiger charge is 2.16. The highest BCUT2D eigenvalue weighted by Crippen LogP contribution is 2.22. The van der Waals surface area contributed by atoms with Crippen LogP contribution in [0.3, 0.4) is 0 Å². The normalized spacial score (nSPS) is 11.1. The van der Waals surface area contributed by atoms with Crippen molar-refractivity contribution >= 4 is 28.3 Å². The van der Waals surface area contributed by atoms with Crippen LogP contribution < -0.4 is 0 Å². The minimum Gasteiger partial charge on any atom is -0.478 e. The molecular weight excluding hydrogens is 274 g/mol. The van der Waals surface area contributed by atoms with Crippen molar-refractivity contribution in [2.75, 3.05) is 0 Å². The molecule has 0 aliphatic carbocycles. The van der Waals surface area contributed by atoms with Crippen LogP contribution in [0.15, 0.2) is 23.6 Å². The standard InChI is InChI=1S/C14H13N3O2S/c1-8-7-20-12(15-8)6-17-9(2)16-11-5-3-4-10(13(11)17)14(18)19/h3-5,7H,6H2,1-2H3,(H,18,19). The number of carbonyl (C=O) groups is 1. The Labute approximate surface area is 119 Å². The smallest absolute Gasteiger partial charge is 0.337 e. The summed E-state index contributed by atoms with van der Waals surface area (Å²) < 4.78 is 1.91. The Bertz CT molecular complexity index is 804. The molecule has 0 saturated carbocycles. The lowest BCUT2D eigenvalue weighted by Gasteiger charge is -2.06. The summed E-state index contributed by atoms with van der Waals surface area (Å²) in [5.74, 6) is -0.145. The van der Waals surface area contributed by atoms with Crippen LogP contribution in [0.1, 0.15) is 26.9 Å². The summed E-state index contributed by atoms with van der Waals surface area (Å²) in [5, 5.41) is 12.3. The van der Waals surface area contributed by atoms with Gasteiger partial charge < -0.3 is 9.67 Å². The van der Waals surface area contributed by atoms with Crippen molar-refractivity contribution in [1.82, 2.24) is 14.5 Å². The predicted molar refractivity (Wildman–Crippen MR) is 77.4 cm³/mol. The second-order valence-corrected chi connectivity index (χ2v) is 5.55. The van der Waals surface area contributed by atoms with Crippen molar-refractivity contribution < 1.29 is 9.90 Å². The van der Waals surface area contributed by atoms with Crippen molar-refractivity contribution in [3.8, 4) is 0 Å². The van der Waals surface area contributed by atoms with Crippen LogP contribution >= 0.6 is 11.3 Å². The van der Waals surface area contributed by atoms with Crippen molar-refractivity contribution in [1.29, 1.82) is 0 Å². The van der Waals surface area contributed by atoms with Gasteiger partial charge in [0.1, 0.15) is 10.8 Å². The minimum atomic E-state index is -0.938. The molecule has 5 nitrogen and oxygen atoms in total. The maximum Gasteiger partial charge on any atom is 0.337 e. The van der Waals surface area contributed by atoms with Gasteiger partial charge in [0.05, 0.1) is 23.1 Å². The van der Waals surface area contributed by atoms with E-state index in [1.807, 2.05) is 29.9 Å². The molecule has 0 spiro atoms. The first kappa shape index (κ1) is 12.8. The molecule has 2 heterocycles. The second-order valence-electron chi connectivity index (χ2n) is 4.61. The lowest BCUT2D eigenvalue weighted by atomic mass is 10.2. The average molecular weight is 287 g/mol. The largest absolute Gasteiger partial charge is 0.478 e. The number of carboxylic acid groups (broad SMARTS) is 1. The number of aromatic nitrogens is 3. The van der Waals surface area contributed by atoms with Crippen LogP contribution in [0.25, 0.3) is 11.0 Å². The molecule has 1 N–H and O–H groups in total. The maximum atomic E-state index is 11.4. The molecule has 0 amide bonds. The Morgan fingerprint density at radius 3 is 2.80 bits per heavy atom. The molecule has 0 fully saturated rings. The molecule has 20 heavy (non-hydrogen) atoms. The fourth-order valence-electron chi connectivity index (χ4n) is 2.28. The molecule has 2 aromatic heterocycles. The second kappa shape index (κ2) is 4.72. The average Bonchev–Trinajstić information content (AvgIpc) is 2.94. The number of para-hydroxylation sites is 1. The highest BCUT2D eigenvalue weighted by atomic mass is 32.1. The topological polar surface area (TPSA) is 68.0 Å². The third kappa shape index (κ3) is 2.08. The molecule has 1 aromatic carbocycles. The lowest BCUT2D eigenvalue weighted by Crippen LogP contribution is -2.06. The summed E-state index contributed by atoms with van der Waals surface area (Å²) in [6.07, 6.45) is 0. The molecule has 0 aliphatic rings. The van der Waals surface area contributed by atoms with Crippen LogP contribution in [-0.4, -0.2) is 25.6 Å². The maximum absolute atomic E-state index is 11.4. The van der Waals surface area contributed by atoms with Gasteiger partial charge in [-0.15, -0.1) is 11.3 Å². The first-order valence-corrected chi connectivity index (χ1v) is 7.04. The highest BCUT2D eigenvalue weighted by molar-refractivity contribution is 7.09. The molecule has 102 valence electrons. The molecule has 6 heteroatoms. The number of fused-ring (bicyclic) bond motifs is 1. The molecule has 0 aliphatic heterocycles. The van der Waals surface area contributed by atoms with Gasteiger partial charge in [0, 0.05) is 11.1 Å². The van der Waals surface area contributed by atoms with Gasteiger partial charge in [-0.1, -0.05) is 6.07 Å². The molecular formula is C14H13N3O2S. The van der Waals surface area contributed by atoms with E-state index in [1.54, 1.807) is 23.5 Å². The summed E-state index contributed by atoms with van der Waals surface area (Å²) in [6, 6.07) is 5.16. The van der Waals surface area contributed by atoms with Gasteiger partial charge in [0.25, 0.3) is 0 Å². The van der Waals surface area contributed by atoms with E-state index >= 15 is 0 Å². The minimum absolute atomic E-state index is 0.274. The number of nitrogens with zero attached hydrogens (tertiary/aromatic N) is 3.